The van der Waals surface area contributed by atoms with Gasteiger partial charge in [0.25, 0.3) is 0 Å². The van der Waals surface area contributed by atoms with Gasteiger partial charge in [0.1, 0.15) is 24.4 Å². The summed E-state index contributed by atoms with van der Waals surface area (Å²) in [6, 6.07) is 26.6. The molecule has 3 aliphatic rings. The van der Waals surface area contributed by atoms with Crippen molar-refractivity contribution < 1.29 is 14.0 Å². The Morgan fingerprint density at radius 2 is 1.59 bits per heavy atom. The minimum atomic E-state index is -0.0657. The van der Waals surface area contributed by atoms with E-state index in [0.29, 0.717) is 24.5 Å². The molecule has 3 saturated heterocycles. The molecule has 4 nitrogen and oxygen atoms in total. The van der Waals surface area contributed by atoms with Crippen LogP contribution in [0.3, 0.4) is 0 Å². The van der Waals surface area contributed by atoms with Crippen LogP contribution >= 0.6 is 0 Å². The van der Waals surface area contributed by atoms with Gasteiger partial charge in [0.2, 0.25) is 0 Å². The molecule has 4 heterocycles. The molecule has 242 valence electrons. The number of ether oxygens (including phenoxy) is 2. The lowest BCUT2D eigenvalue weighted by molar-refractivity contribution is -0.985. The highest BCUT2D eigenvalue weighted by Crippen LogP contribution is 2.50. The van der Waals surface area contributed by atoms with Crippen LogP contribution in [0.25, 0.3) is 10.9 Å². The molecule has 4 heteroatoms. The van der Waals surface area contributed by atoms with Crippen LogP contribution in [0.15, 0.2) is 91.6 Å². The molecule has 0 saturated carbocycles. The first-order chi connectivity index (χ1) is 21.9. The highest BCUT2D eigenvalue weighted by Gasteiger charge is 2.54. The molecule has 7 rings (SSSR count). The third-order valence-electron chi connectivity index (χ3n) is 10.8. The van der Waals surface area contributed by atoms with Crippen molar-refractivity contribution in [1.29, 1.82) is 0 Å². The van der Waals surface area contributed by atoms with Gasteiger partial charge in [-0.2, -0.15) is 0 Å². The fourth-order valence-electron chi connectivity index (χ4n) is 8.38. The summed E-state index contributed by atoms with van der Waals surface area (Å²) >= 11 is 0. The van der Waals surface area contributed by atoms with Crippen molar-refractivity contribution in [2.75, 3.05) is 20.2 Å². The van der Waals surface area contributed by atoms with Gasteiger partial charge >= 0.3 is 0 Å². The molecule has 5 atom stereocenters. The molecule has 0 unspecified atom stereocenters. The summed E-state index contributed by atoms with van der Waals surface area (Å²) in [7, 11) is 1.83. The molecule has 1 aromatic heterocycles. The number of aromatic nitrogens is 1. The Morgan fingerprint density at radius 3 is 2.24 bits per heavy atom. The quantitative estimate of drug-likeness (QED) is 0.138. The monoisotopic (exact) mass is 617 g/mol. The lowest BCUT2D eigenvalue weighted by Crippen LogP contribution is -2.67. The second kappa shape index (κ2) is 12.6. The molecule has 3 aliphatic heterocycles. The second-order valence-corrected chi connectivity index (χ2v) is 15.9. The minimum Gasteiger partial charge on any atom is -0.496 e. The Hall–Kier alpha value is -3.47. The molecule has 3 fully saturated rings. The summed E-state index contributed by atoms with van der Waals surface area (Å²) in [5.41, 5.74) is 7.37. The highest BCUT2D eigenvalue weighted by atomic mass is 16.5. The van der Waals surface area contributed by atoms with Gasteiger partial charge in [0, 0.05) is 47.0 Å². The lowest BCUT2D eigenvalue weighted by atomic mass is 9.70. The number of piperidine rings is 3. The summed E-state index contributed by atoms with van der Waals surface area (Å²) in [6.07, 6.45) is 6.50. The van der Waals surface area contributed by atoms with Crippen LogP contribution in [0.5, 0.6) is 5.75 Å². The zero-order chi connectivity index (χ0) is 32.7. The van der Waals surface area contributed by atoms with Crippen LogP contribution in [0.4, 0.5) is 0 Å². The van der Waals surface area contributed by atoms with Crippen molar-refractivity contribution in [2.45, 2.75) is 90.5 Å². The molecule has 0 aliphatic carbocycles. The lowest BCUT2D eigenvalue weighted by Gasteiger charge is -2.58. The Morgan fingerprint density at radius 1 is 0.913 bits per heavy atom. The smallest absolute Gasteiger partial charge is 0.135 e. The van der Waals surface area contributed by atoms with E-state index in [1.54, 1.807) is 0 Å². The average Bonchev–Trinajstić information content (AvgIpc) is 3.04. The summed E-state index contributed by atoms with van der Waals surface area (Å²) in [4.78, 5) is 4.74. The number of hydrogen-bond acceptors (Lipinski definition) is 3. The van der Waals surface area contributed by atoms with Crippen molar-refractivity contribution in [1.82, 2.24) is 4.98 Å². The molecule has 4 aromatic rings. The summed E-state index contributed by atoms with van der Waals surface area (Å²) in [6.45, 7) is 21.9. The topological polar surface area (TPSA) is 31.4 Å². The van der Waals surface area contributed by atoms with Gasteiger partial charge < -0.3 is 14.0 Å². The van der Waals surface area contributed by atoms with E-state index in [1.807, 2.05) is 13.3 Å². The number of para-hydroxylation sites is 1. The molecular weight excluding hydrogens is 564 g/mol. The largest absolute Gasteiger partial charge is 0.496 e. The number of fused-ring (bicyclic) bond motifs is 4. The SMILES string of the molecule is C=C[C@H]1C[N@+]2(Cc3cc(C(C)(C)C)c(OC)c(C(C)(C)C)c3)CC[C@H]1C[C@H]2[C@H](OCc1ccccc1)c1ccnc2ccccc12. The molecule has 0 amide bonds. The van der Waals surface area contributed by atoms with Crippen molar-refractivity contribution in [3.63, 3.8) is 0 Å². The van der Waals surface area contributed by atoms with E-state index < -0.39 is 0 Å². The van der Waals surface area contributed by atoms with E-state index in [4.69, 9.17) is 14.5 Å². The van der Waals surface area contributed by atoms with Gasteiger partial charge in [-0.05, 0) is 52.1 Å². The first-order valence-electron chi connectivity index (χ1n) is 17.1. The first-order valence-corrected chi connectivity index (χ1v) is 17.1. The predicted octanol–water partition coefficient (Wildman–Crippen LogP) is 9.71. The molecule has 0 spiro atoms. The Bertz CT molecular complexity index is 1640. The van der Waals surface area contributed by atoms with E-state index in [2.05, 4.69) is 127 Å². The van der Waals surface area contributed by atoms with Crippen LogP contribution in [0.2, 0.25) is 0 Å². The normalized spacial score (nSPS) is 23.8. The summed E-state index contributed by atoms with van der Waals surface area (Å²) in [5.74, 6) is 2.18. The molecule has 0 N–H and O–H groups in total. The maximum atomic E-state index is 7.15. The molecule has 3 aromatic carbocycles. The average molecular weight is 618 g/mol. The molecule has 46 heavy (non-hydrogen) atoms. The van der Waals surface area contributed by atoms with Crippen molar-refractivity contribution in [2.24, 2.45) is 11.8 Å². The number of rotatable bonds is 9. The van der Waals surface area contributed by atoms with Gasteiger partial charge in [-0.15, -0.1) is 6.58 Å². The second-order valence-electron chi connectivity index (χ2n) is 15.9. The van der Waals surface area contributed by atoms with E-state index in [0.717, 1.165) is 41.8 Å². The van der Waals surface area contributed by atoms with Crippen LogP contribution < -0.4 is 4.74 Å². The summed E-state index contributed by atoms with van der Waals surface area (Å²) in [5, 5.41) is 1.19. The van der Waals surface area contributed by atoms with Crippen molar-refractivity contribution in [3.8, 4) is 5.75 Å². The van der Waals surface area contributed by atoms with Crippen LogP contribution in [0, 0.1) is 11.8 Å². The third kappa shape index (κ3) is 6.27. The fraction of sp³-hybridized carbons (Fsp3) is 0.452. The van der Waals surface area contributed by atoms with Gasteiger partial charge in [-0.25, -0.2) is 0 Å². The van der Waals surface area contributed by atoms with Crippen molar-refractivity contribution in [3.05, 3.63) is 119 Å². The Labute approximate surface area is 277 Å². The Kier molecular flexibility index (Phi) is 8.91. The Balaban J connectivity index is 1.49. The van der Waals surface area contributed by atoms with Crippen LogP contribution in [-0.2, 0) is 28.7 Å². The number of nitrogens with zero attached hydrogens (tertiary/aromatic N) is 2. The van der Waals surface area contributed by atoms with E-state index in [1.165, 1.54) is 39.6 Å². The zero-order valence-corrected chi connectivity index (χ0v) is 29.1. The van der Waals surface area contributed by atoms with Crippen LogP contribution in [-0.4, -0.2) is 35.7 Å². The summed E-state index contributed by atoms with van der Waals surface area (Å²) < 4.78 is 14.3. The number of quaternary nitrogens is 1. The van der Waals surface area contributed by atoms with Crippen LogP contribution in [0.1, 0.15) is 88.3 Å². The first kappa shape index (κ1) is 32.5. The maximum absolute atomic E-state index is 7.15. The molecular formula is C42H53N2O2+. The zero-order valence-electron chi connectivity index (χ0n) is 29.1. The number of methoxy groups -OCH3 is 1. The molecule has 2 bridgehead atoms. The van der Waals surface area contributed by atoms with Gasteiger partial charge in [-0.3, -0.25) is 4.98 Å². The van der Waals surface area contributed by atoms with E-state index in [-0.39, 0.29) is 16.9 Å². The van der Waals surface area contributed by atoms with Gasteiger partial charge in [0.05, 0.1) is 32.3 Å². The number of hydrogen-bond donors (Lipinski definition) is 0. The van der Waals surface area contributed by atoms with E-state index >= 15 is 0 Å². The maximum Gasteiger partial charge on any atom is 0.135 e. The van der Waals surface area contributed by atoms with Crippen molar-refractivity contribution >= 4 is 10.9 Å². The number of benzene rings is 3. The fourth-order valence-corrected chi connectivity index (χ4v) is 8.38. The van der Waals surface area contributed by atoms with Gasteiger partial charge in [-0.1, -0.05) is 96.1 Å². The highest BCUT2D eigenvalue weighted by molar-refractivity contribution is 5.82. The predicted molar refractivity (Wildman–Crippen MR) is 190 cm³/mol. The van der Waals surface area contributed by atoms with Gasteiger partial charge in [0.15, 0.2) is 0 Å². The minimum absolute atomic E-state index is 0.0451. The number of pyridine rings is 1. The standard InChI is InChI=1S/C42H53N2O2/c1-9-31-27-44(26-30-23-35(41(2,3)4)40(45-8)36(24-30)42(5,6)7)22-20-32(31)25-38(44)39(46-28-29-15-11-10-12-16-29)34-19-21-43-37-18-14-13-17-33(34)37/h9-19,21,23-24,31-32,38-39H,1,20,22,25-28H2,2-8H3/q+1/t31-,32-,38-,39+,44+/m0/s1. The molecule has 0 radical (unpaired) electrons. The van der Waals surface area contributed by atoms with E-state index in [9.17, 15) is 0 Å². The third-order valence-corrected chi connectivity index (χ3v) is 10.8.